The molecule has 0 saturated carbocycles. The summed E-state index contributed by atoms with van der Waals surface area (Å²) in [6, 6.07) is 8.43. The van der Waals surface area contributed by atoms with Crippen molar-refractivity contribution in [2.45, 2.75) is 38.8 Å². The maximum Gasteiger partial charge on any atom is 0.408 e. The van der Waals surface area contributed by atoms with Crippen LogP contribution in [0.15, 0.2) is 42.9 Å². The fourth-order valence-corrected chi connectivity index (χ4v) is 2.07. The average Bonchev–Trinajstić information content (AvgIpc) is 2.94. The van der Waals surface area contributed by atoms with Gasteiger partial charge in [0.05, 0.1) is 12.0 Å². The number of carbonyl (C=O) groups is 2. The third-order valence-electron chi connectivity index (χ3n) is 3.09. The van der Waals surface area contributed by atoms with Gasteiger partial charge in [-0.1, -0.05) is 18.2 Å². The van der Waals surface area contributed by atoms with Gasteiger partial charge in [-0.3, -0.25) is 0 Å². The van der Waals surface area contributed by atoms with Crippen LogP contribution in [-0.4, -0.2) is 38.4 Å². The van der Waals surface area contributed by atoms with Gasteiger partial charge in [0.25, 0.3) is 0 Å². The van der Waals surface area contributed by atoms with Crippen LogP contribution in [-0.2, 0) is 16.0 Å². The van der Waals surface area contributed by atoms with Gasteiger partial charge in [0.2, 0.25) is 0 Å². The van der Waals surface area contributed by atoms with E-state index in [2.05, 4.69) is 10.3 Å². The number of benzene rings is 1. The first-order valence-corrected chi connectivity index (χ1v) is 7.55. The second-order valence-electron chi connectivity index (χ2n) is 6.35. The number of nitrogens with zero attached hydrogens (tertiary/aromatic N) is 2. The van der Waals surface area contributed by atoms with E-state index in [1.165, 1.54) is 0 Å². The minimum absolute atomic E-state index is 0.0639. The lowest BCUT2D eigenvalue weighted by atomic mass is 10.1. The molecule has 2 aromatic rings. The van der Waals surface area contributed by atoms with Gasteiger partial charge in [-0.25, -0.2) is 14.6 Å². The molecule has 0 aliphatic carbocycles. The van der Waals surface area contributed by atoms with Crippen molar-refractivity contribution in [1.82, 2.24) is 14.9 Å². The zero-order valence-electron chi connectivity index (χ0n) is 13.9. The van der Waals surface area contributed by atoms with Crippen LogP contribution in [0.3, 0.4) is 0 Å². The number of amides is 1. The summed E-state index contributed by atoms with van der Waals surface area (Å²) < 4.78 is 6.88. The average molecular weight is 331 g/mol. The van der Waals surface area contributed by atoms with E-state index in [1.807, 2.05) is 30.3 Å². The Kier molecular flexibility index (Phi) is 5.23. The van der Waals surface area contributed by atoms with Gasteiger partial charge < -0.3 is 19.7 Å². The monoisotopic (exact) mass is 331 g/mol. The van der Waals surface area contributed by atoms with Crippen LogP contribution in [0.4, 0.5) is 4.79 Å². The predicted octanol–water partition coefficient (Wildman–Crippen LogP) is 2.39. The lowest BCUT2D eigenvalue weighted by Crippen LogP contribution is -2.44. The molecule has 0 radical (unpaired) electrons. The first kappa shape index (κ1) is 17.5. The molecule has 1 aromatic carbocycles. The van der Waals surface area contributed by atoms with Gasteiger partial charge in [-0.15, -0.1) is 0 Å². The van der Waals surface area contributed by atoms with Crippen molar-refractivity contribution in [3.63, 3.8) is 0 Å². The Morgan fingerprint density at radius 1 is 1.29 bits per heavy atom. The van der Waals surface area contributed by atoms with Crippen molar-refractivity contribution >= 4 is 12.1 Å². The van der Waals surface area contributed by atoms with Crippen molar-refractivity contribution < 1.29 is 19.4 Å². The molecule has 1 amide bonds. The number of carboxylic acid groups (broad SMARTS) is 1. The number of carboxylic acids is 1. The van der Waals surface area contributed by atoms with Crippen molar-refractivity contribution in [3.05, 3.63) is 48.5 Å². The highest BCUT2D eigenvalue weighted by atomic mass is 16.6. The SMILES string of the molecule is CC(C)(C)OC(=O)N[C@@H](Cc1cn(-c2ccccc2)cn1)C(=O)O. The molecule has 0 spiro atoms. The molecule has 0 aliphatic heterocycles. The van der Waals surface area contributed by atoms with Crippen LogP contribution in [0.1, 0.15) is 26.5 Å². The van der Waals surface area contributed by atoms with E-state index in [9.17, 15) is 14.7 Å². The van der Waals surface area contributed by atoms with Crippen LogP contribution in [0.25, 0.3) is 5.69 Å². The number of imidazole rings is 1. The van der Waals surface area contributed by atoms with E-state index in [-0.39, 0.29) is 6.42 Å². The zero-order chi connectivity index (χ0) is 17.7. The number of aromatic nitrogens is 2. The standard InChI is InChI=1S/C17H21N3O4/c1-17(2,3)24-16(23)19-14(15(21)22)9-12-10-20(11-18-12)13-7-5-4-6-8-13/h4-8,10-11,14H,9H2,1-3H3,(H,19,23)(H,21,22)/t14-/m0/s1. The van der Waals surface area contributed by atoms with E-state index in [4.69, 9.17) is 4.74 Å². The number of carbonyl (C=O) groups excluding carboxylic acids is 1. The Morgan fingerprint density at radius 2 is 1.96 bits per heavy atom. The molecule has 0 saturated heterocycles. The number of rotatable bonds is 5. The maximum absolute atomic E-state index is 11.8. The zero-order valence-corrected chi connectivity index (χ0v) is 13.9. The predicted molar refractivity (Wildman–Crippen MR) is 88.1 cm³/mol. The van der Waals surface area contributed by atoms with E-state index >= 15 is 0 Å². The summed E-state index contributed by atoms with van der Waals surface area (Å²) in [6.07, 6.45) is 2.64. The second kappa shape index (κ2) is 7.16. The molecule has 7 heteroatoms. The van der Waals surface area contributed by atoms with Crippen molar-refractivity contribution in [3.8, 4) is 5.69 Å². The van der Waals surface area contributed by atoms with Crippen molar-refractivity contribution in [2.24, 2.45) is 0 Å². The fraction of sp³-hybridized carbons (Fsp3) is 0.353. The molecule has 1 heterocycles. The highest BCUT2D eigenvalue weighted by Crippen LogP contribution is 2.11. The number of hydrogen-bond donors (Lipinski definition) is 2. The number of ether oxygens (including phenoxy) is 1. The molecule has 0 aliphatic rings. The fourth-order valence-electron chi connectivity index (χ4n) is 2.07. The van der Waals surface area contributed by atoms with Gasteiger partial charge in [0.15, 0.2) is 0 Å². The lowest BCUT2D eigenvalue weighted by Gasteiger charge is -2.21. The topological polar surface area (TPSA) is 93.5 Å². The summed E-state index contributed by atoms with van der Waals surface area (Å²) in [5, 5.41) is 11.7. The molecule has 0 fully saturated rings. The van der Waals surface area contributed by atoms with E-state index in [1.54, 1.807) is 37.9 Å². The Bertz CT molecular complexity index is 704. The number of aliphatic carboxylic acids is 1. The normalized spacial score (nSPS) is 12.5. The van der Waals surface area contributed by atoms with Crippen molar-refractivity contribution in [2.75, 3.05) is 0 Å². The third kappa shape index (κ3) is 5.12. The Balaban J connectivity index is 2.05. The van der Waals surface area contributed by atoms with E-state index in [0.717, 1.165) is 5.69 Å². The molecule has 2 rings (SSSR count). The maximum atomic E-state index is 11.8. The number of alkyl carbamates (subject to hydrolysis) is 1. The highest BCUT2D eigenvalue weighted by molar-refractivity contribution is 5.80. The summed E-state index contributed by atoms with van der Waals surface area (Å²) in [4.78, 5) is 27.3. The Morgan fingerprint density at radius 3 is 2.54 bits per heavy atom. The van der Waals surface area contributed by atoms with Gasteiger partial charge in [-0.05, 0) is 32.9 Å². The van der Waals surface area contributed by atoms with Gasteiger partial charge in [0.1, 0.15) is 11.6 Å². The summed E-state index contributed by atoms with van der Waals surface area (Å²) in [7, 11) is 0. The molecular weight excluding hydrogens is 310 g/mol. The molecular formula is C17H21N3O4. The number of para-hydroxylation sites is 1. The molecule has 0 unspecified atom stereocenters. The second-order valence-corrected chi connectivity index (χ2v) is 6.35. The third-order valence-corrected chi connectivity index (χ3v) is 3.09. The van der Waals surface area contributed by atoms with Crippen LogP contribution >= 0.6 is 0 Å². The van der Waals surface area contributed by atoms with Gasteiger partial charge >= 0.3 is 12.1 Å². The quantitative estimate of drug-likeness (QED) is 0.877. The summed E-state index contributed by atoms with van der Waals surface area (Å²) in [5.74, 6) is -1.14. The largest absolute Gasteiger partial charge is 0.480 e. The Labute approximate surface area is 140 Å². The van der Waals surface area contributed by atoms with Crippen LogP contribution in [0.5, 0.6) is 0 Å². The molecule has 0 bridgehead atoms. The molecule has 2 N–H and O–H groups in total. The first-order valence-electron chi connectivity index (χ1n) is 7.55. The Hall–Kier alpha value is -2.83. The lowest BCUT2D eigenvalue weighted by molar-refractivity contribution is -0.139. The first-order chi connectivity index (χ1) is 11.2. The van der Waals surface area contributed by atoms with E-state index < -0.39 is 23.7 Å². The number of hydrogen-bond acceptors (Lipinski definition) is 4. The van der Waals surface area contributed by atoms with Crippen LogP contribution < -0.4 is 5.32 Å². The molecule has 1 aromatic heterocycles. The van der Waals surface area contributed by atoms with Gasteiger partial charge in [-0.2, -0.15) is 0 Å². The summed E-state index contributed by atoms with van der Waals surface area (Å²) >= 11 is 0. The highest BCUT2D eigenvalue weighted by Gasteiger charge is 2.25. The van der Waals surface area contributed by atoms with Crippen molar-refractivity contribution in [1.29, 1.82) is 0 Å². The smallest absolute Gasteiger partial charge is 0.408 e. The van der Waals surface area contributed by atoms with Gasteiger partial charge in [0, 0.05) is 18.3 Å². The van der Waals surface area contributed by atoms with Crippen LogP contribution in [0.2, 0.25) is 0 Å². The summed E-state index contributed by atoms with van der Waals surface area (Å²) in [5.41, 5.74) is 0.785. The molecule has 7 nitrogen and oxygen atoms in total. The summed E-state index contributed by atoms with van der Waals surface area (Å²) in [6.45, 7) is 5.14. The molecule has 1 atom stereocenters. The minimum Gasteiger partial charge on any atom is -0.480 e. The van der Waals surface area contributed by atoms with E-state index in [0.29, 0.717) is 5.69 Å². The van der Waals surface area contributed by atoms with Crippen LogP contribution in [0, 0.1) is 0 Å². The molecule has 24 heavy (non-hydrogen) atoms. The number of nitrogens with one attached hydrogen (secondary N) is 1. The minimum atomic E-state index is -1.14. The molecule has 128 valence electrons.